The lowest BCUT2D eigenvalue weighted by Crippen LogP contribution is -2.32. The Hall–Kier alpha value is -2.18. The van der Waals surface area contributed by atoms with Crippen LogP contribution in [0.3, 0.4) is 0 Å². The topological polar surface area (TPSA) is 59.8 Å². The standard InChI is InChI=1S/C15H13ClN4OS/c16-13-3-1-11(2-4-13)15(12-5-8-22-10-12)18-14(21)9-20-7-6-17-19-20/h1-8,10,15H,9H2,(H,18,21). The minimum absolute atomic E-state index is 0.128. The number of thiophene rings is 1. The van der Waals surface area contributed by atoms with Crippen LogP contribution in [0, 0.1) is 0 Å². The molecule has 1 aromatic carbocycles. The zero-order chi connectivity index (χ0) is 15.4. The first-order valence-corrected chi connectivity index (χ1v) is 7.95. The van der Waals surface area contributed by atoms with Gasteiger partial charge < -0.3 is 5.32 Å². The number of aromatic nitrogens is 3. The van der Waals surface area contributed by atoms with Crippen LogP contribution in [0.1, 0.15) is 17.2 Å². The number of benzene rings is 1. The molecule has 2 aromatic heterocycles. The van der Waals surface area contributed by atoms with E-state index in [2.05, 4.69) is 15.6 Å². The maximum absolute atomic E-state index is 12.2. The van der Waals surface area contributed by atoms with Gasteiger partial charge in [-0.2, -0.15) is 11.3 Å². The second-order valence-electron chi connectivity index (χ2n) is 4.71. The van der Waals surface area contributed by atoms with Gasteiger partial charge in [-0.3, -0.25) is 4.79 Å². The maximum atomic E-state index is 12.2. The molecule has 112 valence electrons. The molecule has 7 heteroatoms. The van der Waals surface area contributed by atoms with Crippen LogP contribution in [0.25, 0.3) is 0 Å². The fourth-order valence-electron chi connectivity index (χ4n) is 2.12. The second kappa shape index (κ2) is 6.72. The van der Waals surface area contributed by atoms with Gasteiger partial charge in [0.1, 0.15) is 6.54 Å². The Balaban J connectivity index is 1.80. The van der Waals surface area contributed by atoms with Crippen LogP contribution in [-0.4, -0.2) is 20.9 Å². The number of halogens is 1. The van der Waals surface area contributed by atoms with Crippen molar-refractivity contribution in [2.24, 2.45) is 0 Å². The Morgan fingerprint density at radius 1 is 1.27 bits per heavy atom. The molecule has 5 nitrogen and oxygen atoms in total. The lowest BCUT2D eigenvalue weighted by atomic mass is 10.0. The molecule has 0 aliphatic rings. The van der Waals surface area contributed by atoms with E-state index >= 15 is 0 Å². The Kier molecular flexibility index (Phi) is 4.50. The number of rotatable bonds is 5. The van der Waals surface area contributed by atoms with Crippen molar-refractivity contribution in [3.05, 3.63) is 69.6 Å². The molecular weight excluding hydrogens is 320 g/mol. The first kappa shape index (κ1) is 14.7. The SMILES string of the molecule is O=C(Cn1ccnn1)NC(c1ccc(Cl)cc1)c1ccsc1. The van der Waals surface area contributed by atoms with Crippen LogP contribution in [0.15, 0.2) is 53.5 Å². The summed E-state index contributed by atoms with van der Waals surface area (Å²) in [6.45, 7) is 0.133. The highest BCUT2D eigenvalue weighted by Crippen LogP contribution is 2.25. The number of nitrogens with one attached hydrogen (secondary N) is 1. The van der Waals surface area contributed by atoms with Crippen molar-refractivity contribution in [2.75, 3.05) is 0 Å². The summed E-state index contributed by atoms with van der Waals surface area (Å²) in [6, 6.07) is 9.26. The molecule has 0 radical (unpaired) electrons. The normalized spacial score (nSPS) is 12.0. The van der Waals surface area contributed by atoms with Crippen molar-refractivity contribution < 1.29 is 4.79 Å². The molecule has 0 saturated heterocycles. The molecule has 0 fully saturated rings. The fraction of sp³-hybridized carbons (Fsp3) is 0.133. The Bertz CT molecular complexity index is 726. The van der Waals surface area contributed by atoms with Crippen molar-refractivity contribution in [1.29, 1.82) is 0 Å². The first-order valence-electron chi connectivity index (χ1n) is 6.63. The summed E-state index contributed by atoms with van der Waals surface area (Å²) in [5, 5.41) is 15.2. The zero-order valence-electron chi connectivity index (χ0n) is 11.5. The van der Waals surface area contributed by atoms with E-state index in [0.717, 1.165) is 11.1 Å². The molecule has 1 atom stereocenters. The maximum Gasteiger partial charge on any atom is 0.242 e. The molecule has 0 aliphatic heterocycles. The summed E-state index contributed by atoms with van der Waals surface area (Å²) in [5.41, 5.74) is 2.02. The number of carbonyl (C=O) groups is 1. The van der Waals surface area contributed by atoms with E-state index in [1.54, 1.807) is 23.7 Å². The summed E-state index contributed by atoms with van der Waals surface area (Å²) < 4.78 is 1.49. The van der Waals surface area contributed by atoms with Gasteiger partial charge in [-0.05, 0) is 40.1 Å². The van der Waals surface area contributed by atoms with Crippen LogP contribution in [0.2, 0.25) is 5.02 Å². The zero-order valence-corrected chi connectivity index (χ0v) is 13.1. The number of hydrogen-bond acceptors (Lipinski definition) is 4. The fourth-order valence-corrected chi connectivity index (χ4v) is 2.94. The molecule has 3 aromatic rings. The van der Waals surface area contributed by atoms with E-state index in [-0.39, 0.29) is 18.5 Å². The molecule has 1 unspecified atom stereocenters. The highest BCUT2D eigenvalue weighted by atomic mass is 35.5. The van der Waals surface area contributed by atoms with Crippen LogP contribution >= 0.6 is 22.9 Å². The van der Waals surface area contributed by atoms with Gasteiger partial charge in [0.25, 0.3) is 0 Å². The van der Waals surface area contributed by atoms with E-state index in [0.29, 0.717) is 5.02 Å². The van der Waals surface area contributed by atoms with Gasteiger partial charge in [0.2, 0.25) is 5.91 Å². The minimum Gasteiger partial charge on any atom is -0.344 e. The van der Waals surface area contributed by atoms with Crippen LogP contribution in [0.4, 0.5) is 0 Å². The molecule has 0 spiro atoms. The van der Waals surface area contributed by atoms with Crippen LogP contribution in [0.5, 0.6) is 0 Å². The molecule has 2 heterocycles. The summed E-state index contributed by atoms with van der Waals surface area (Å²) in [7, 11) is 0. The van der Waals surface area contributed by atoms with Crippen LogP contribution < -0.4 is 5.32 Å². The lowest BCUT2D eigenvalue weighted by molar-refractivity contribution is -0.122. The Morgan fingerprint density at radius 2 is 2.09 bits per heavy atom. The Labute approximate surface area is 136 Å². The molecule has 0 aliphatic carbocycles. The summed E-state index contributed by atoms with van der Waals surface area (Å²) in [5.74, 6) is -0.128. The quantitative estimate of drug-likeness (QED) is 0.781. The van der Waals surface area contributed by atoms with E-state index in [1.165, 1.54) is 4.68 Å². The molecule has 0 bridgehead atoms. The number of carbonyl (C=O) groups excluding carboxylic acids is 1. The number of hydrogen-bond donors (Lipinski definition) is 1. The minimum atomic E-state index is -0.209. The molecular formula is C15H13ClN4OS. The summed E-state index contributed by atoms with van der Waals surface area (Å²) in [6.07, 6.45) is 3.20. The highest BCUT2D eigenvalue weighted by molar-refractivity contribution is 7.08. The smallest absolute Gasteiger partial charge is 0.242 e. The van der Waals surface area contributed by atoms with Crippen molar-refractivity contribution in [3.63, 3.8) is 0 Å². The van der Waals surface area contributed by atoms with Gasteiger partial charge >= 0.3 is 0 Å². The highest BCUT2D eigenvalue weighted by Gasteiger charge is 2.17. The largest absolute Gasteiger partial charge is 0.344 e. The lowest BCUT2D eigenvalue weighted by Gasteiger charge is -2.18. The van der Waals surface area contributed by atoms with Crippen molar-refractivity contribution in [3.8, 4) is 0 Å². The summed E-state index contributed by atoms with van der Waals surface area (Å²) in [4.78, 5) is 12.2. The second-order valence-corrected chi connectivity index (χ2v) is 5.93. The predicted octanol–water partition coefficient (Wildman–Crippen LogP) is 2.90. The molecule has 22 heavy (non-hydrogen) atoms. The van der Waals surface area contributed by atoms with Gasteiger partial charge in [0, 0.05) is 11.2 Å². The van der Waals surface area contributed by atoms with Gasteiger partial charge in [0.05, 0.1) is 12.2 Å². The van der Waals surface area contributed by atoms with Crippen molar-refractivity contribution >= 4 is 28.8 Å². The van der Waals surface area contributed by atoms with Gasteiger partial charge in [0.15, 0.2) is 0 Å². The molecule has 1 amide bonds. The van der Waals surface area contributed by atoms with E-state index in [9.17, 15) is 4.79 Å². The third-order valence-electron chi connectivity index (χ3n) is 3.16. The third kappa shape index (κ3) is 3.52. The van der Waals surface area contributed by atoms with Gasteiger partial charge in [-0.1, -0.05) is 28.9 Å². The number of nitrogens with zero attached hydrogens (tertiary/aromatic N) is 3. The molecule has 3 rings (SSSR count). The molecule has 0 saturated carbocycles. The van der Waals surface area contributed by atoms with Gasteiger partial charge in [-0.15, -0.1) is 5.10 Å². The van der Waals surface area contributed by atoms with E-state index in [1.807, 2.05) is 41.1 Å². The monoisotopic (exact) mass is 332 g/mol. The van der Waals surface area contributed by atoms with E-state index < -0.39 is 0 Å². The number of amides is 1. The average molecular weight is 333 g/mol. The summed E-state index contributed by atoms with van der Waals surface area (Å²) >= 11 is 7.53. The van der Waals surface area contributed by atoms with Crippen molar-refractivity contribution in [1.82, 2.24) is 20.3 Å². The third-order valence-corrected chi connectivity index (χ3v) is 4.12. The van der Waals surface area contributed by atoms with Gasteiger partial charge in [-0.25, -0.2) is 4.68 Å². The van der Waals surface area contributed by atoms with Crippen LogP contribution in [-0.2, 0) is 11.3 Å². The van der Waals surface area contributed by atoms with Crippen molar-refractivity contribution in [2.45, 2.75) is 12.6 Å². The Morgan fingerprint density at radius 3 is 2.73 bits per heavy atom. The molecule has 1 N–H and O–H groups in total. The average Bonchev–Trinajstić information content (AvgIpc) is 3.19. The first-order chi connectivity index (χ1) is 10.7. The predicted molar refractivity (Wildman–Crippen MR) is 85.8 cm³/mol. The van der Waals surface area contributed by atoms with E-state index in [4.69, 9.17) is 11.6 Å².